The maximum absolute atomic E-state index is 5.49. The predicted molar refractivity (Wildman–Crippen MR) is 76.3 cm³/mol. The molecule has 0 N–H and O–H groups in total. The average Bonchev–Trinajstić information content (AvgIpc) is 2.82. The number of hydrogen-bond donors (Lipinski definition) is 0. The van der Waals surface area contributed by atoms with Crippen molar-refractivity contribution in [2.45, 2.75) is 13.8 Å². The maximum Gasteiger partial charge on any atom is 0.0936 e. The molecule has 0 radical (unpaired) electrons. The Labute approximate surface area is 111 Å². The molecule has 3 heteroatoms. The second-order valence-corrected chi connectivity index (χ2v) is 4.61. The zero-order valence-electron chi connectivity index (χ0n) is 10.9. The van der Waals surface area contributed by atoms with Gasteiger partial charge in [0.2, 0.25) is 0 Å². The van der Waals surface area contributed by atoms with Crippen molar-refractivity contribution in [3.05, 3.63) is 53.5 Å². The lowest BCUT2D eigenvalue weighted by molar-refractivity contribution is 0.899. The van der Waals surface area contributed by atoms with Gasteiger partial charge in [0.1, 0.15) is 0 Å². The highest BCUT2D eigenvalue weighted by atomic mass is 15.3. The normalized spacial score (nSPS) is 10.6. The van der Waals surface area contributed by atoms with E-state index in [1.807, 2.05) is 4.68 Å². The topological polar surface area (TPSA) is 30.7 Å². The average molecular weight is 247 g/mol. The summed E-state index contributed by atoms with van der Waals surface area (Å²) in [6.45, 7) is 4.16. The van der Waals surface area contributed by atoms with Crippen molar-refractivity contribution >= 4 is 10.9 Å². The molecule has 0 aliphatic heterocycles. The fourth-order valence-corrected chi connectivity index (χ4v) is 2.29. The van der Waals surface area contributed by atoms with Crippen LogP contribution in [0.25, 0.3) is 16.6 Å². The molecular weight excluding hydrogens is 234 g/mol. The van der Waals surface area contributed by atoms with Crippen LogP contribution in [0.1, 0.15) is 16.7 Å². The van der Waals surface area contributed by atoms with Gasteiger partial charge in [0.25, 0.3) is 0 Å². The van der Waals surface area contributed by atoms with Crippen molar-refractivity contribution < 1.29 is 0 Å². The summed E-state index contributed by atoms with van der Waals surface area (Å²) < 4.78 is 1.89. The van der Waals surface area contributed by atoms with E-state index in [0.29, 0.717) is 0 Å². The van der Waals surface area contributed by atoms with Gasteiger partial charge in [-0.15, -0.1) is 6.42 Å². The number of rotatable bonds is 1. The summed E-state index contributed by atoms with van der Waals surface area (Å²) in [6.07, 6.45) is 10.8. The van der Waals surface area contributed by atoms with Crippen molar-refractivity contribution in [1.29, 1.82) is 0 Å². The van der Waals surface area contributed by atoms with Crippen LogP contribution in [0.3, 0.4) is 0 Å². The third kappa shape index (κ3) is 1.78. The molecule has 3 rings (SSSR count). The van der Waals surface area contributed by atoms with E-state index in [9.17, 15) is 0 Å². The molecule has 0 atom stereocenters. The standard InChI is InChI=1S/C16H13N3/c1-4-13-8-17-10-16-14(13)9-18-19(16)15-6-5-11(2)7-12(15)3/h1,5-10H,2-3H3. The Hall–Kier alpha value is -2.60. The molecule has 0 aliphatic rings. The van der Waals surface area contributed by atoms with Gasteiger partial charge in [-0.25, -0.2) is 4.68 Å². The molecule has 0 amide bonds. The predicted octanol–water partition coefficient (Wildman–Crippen LogP) is 3.02. The molecule has 2 aromatic heterocycles. The highest BCUT2D eigenvalue weighted by Gasteiger charge is 2.09. The number of benzene rings is 1. The van der Waals surface area contributed by atoms with Crippen LogP contribution in [-0.4, -0.2) is 14.8 Å². The number of fused-ring (bicyclic) bond motifs is 1. The first kappa shape index (κ1) is 11.5. The first-order valence-electron chi connectivity index (χ1n) is 6.06. The SMILES string of the molecule is C#Cc1cncc2c1cnn2-c1ccc(C)cc1C. The lowest BCUT2D eigenvalue weighted by atomic mass is 10.1. The van der Waals surface area contributed by atoms with E-state index in [1.54, 1.807) is 18.6 Å². The van der Waals surface area contributed by atoms with Crippen molar-refractivity contribution in [3.63, 3.8) is 0 Å². The minimum atomic E-state index is 0.772. The van der Waals surface area contributed by atoms with Crippen molar-refractivity contribution in [3.8, 4) is 18.0 Å². The number of nitrogens with zero attached hydrogens (tertiary/aromatic N) is 3. The summed E-state index contributed by atoms with van der Waals surface area (Å²) in [5.41, 5.74) is 5.17. The maximum atomic E-state index is 5.49. The first-order valence-corrected chi connectivity index (χ1v) is 6.06. The van der Waals surface area contributed by atoms with Gasteiger partial charge < -0.3 is 0 Å². The van der Waals surface area contributed by atoms with Gasteiger partial charge >= 0.3 is 0 Å². The van der Waals surface area contributed by atoms with E-state index < -0.39 is 0 Å². The molecule has 0 bridgehead atoms. The van der Waals surface area contributed by atoms with Crippen molar-refractivity contribution in [2.75, 3.05) is 0 Å². The summed E-state index contributed by atoms with van der Waals surface area (Å²) in [5.74, 6) is 2.64. The van der Waals surface area contributed by atoms with E-state index in [1.165, 1.54) is 11.1 Å². The van der Waals surface area contributed by atoms with Crippen LogP contribution in [0.2, 0.25) is 0 Å². The summed E-state index contributed by atoms with van der Waals surface area (Å²) >= 11 is 0. The molecule has 0 saturated heterocycles. The zero-order chi connectivity index (χ0) is 13.4. The highest BCUT2D eigenvalue weighted by molar-refractivity contribution is 5.85. The van der Waals surface area contributed by atoms with E-state index in [4.69, 9.17) is 6.42 Å². The Morgan fingerprint density at radius 1 is 1.16 bits per heavy atom. The lowest BCUT2D eigenvalue weighted by Crippen LogP contribution is -1.99. The molecule has 0 aliphatic carbocycles. The lowest BCUT2D eigenvalue weighted by Gasteiger charge is -2.08. The van der Waals surface area contributed by atoms with Gasteiger partial charge in [-0.3, -0.25) is 4.98 Å². The van der Waals surface area contributed by atoms with Crippen molar-refractivity contribution in [2.24, 2.45) is 0 Å². The molecule has 3 aromatic rings. The minimum Gasteiger partial charge on any atom is -0.261 e. The number of terminal acetylenes is 1. The summed E-state index contributed by atoms with van der Waals surface area (Å²) in [5, 5.41) is 5.40. The van der Waals surface area contributed by atoms with Crippen LogP contribution in [0.4, 0.5) is 0 Å². The molecule has 0 spiro atoms. The third-order valence-corrected chi connectivity index (χ3v) is 3.23. The Balaban J connectivity index is 2.30. The van der Waals surface area contributed by atoms with E-state index >= 15 is 0 Å². The highest BCUT2D eigenvalue weighted by Crippen LogP contribution is 2.22. The molecular formula is C16H13N3. The Morgan fingerprint density at radius 2 is 2.00 bits per heavy atom. The zero-order valence-corrected chi connectivity index (χ0v) is 10.9. The van der Waals surface area contributed by atoms with E-state index in [2.05, 4.69) is 48.0 Å². The fourth-order valence-electron chi connectivity index (χ4n) is 2.29. The molecule has 0 unspecified atom stereocenters. The van der Waals surface area contributed by atoms with Crippen LogP contribution in [0.15, 0.2) is 36.8 Å². The summed E-state index contributed by atoms with van der Waals surface area (Å²) in [6, 6.07) is 6.29. The van der Waals surface area contributed by atoms with Crippen molar-refractivity contribution in [1.82, 2.24) is 14.8 Å². The largest absolute Gasteiger partial charge is 0.261 e. The van der Waals surface area contributed by atoms with Crippen LogP contribution in [0, 0.1) is 26.2 Å². The number of aromatic nitrogens is 3. The van der Waals surface area contributed by atoms with Crippen LogP contribution in [0.5, 0.6) is 0 Å². The van der Waals surface area contributed by atoms with Gasteiger partial charge in [0.05, 0.1) is 29.2 Å². The van der Waals surface area contributed by atoms with Gasteiger partial charge in [0, 0.05) is 11.6 Å². The molecule has 0 saturated carbocycles. The minimum absolute atomic E-state index is 0.772. The Morgan fingerprint density at radius 3 is 2.74 bits per heavy atom. The summed E-state index contributed by atoms with van der Waals surface area (Å²) in [4.78, 5) is 4.19. The monoisotopic (exact) mass is 247 g/mol. The van der Waals surface area contributed by atoms with Gasteiger partial charge in [-0.1, -0.05) is 23.6 Å². The molecule has 19 heavy (non-hydrogen) atoms. The molecule has 1 aromatic carbocycles. The van der Waals surface area contributed by atoms with Crippen LogP contribution in [-0.2, 0) is 0 Å². The quantitative estimate of drug-likeness (QED) is 0.619. The van der Waals surface area contributed by atoms with Gasteiger partial charge in [0.15, 0.2) is 0 Å². The fraction of sp³-hybridized carbons (Fsp3) is 0.125. The molecule has 2 heterocycles. The van der Waals surface area contributed by atoms with Crippen LogP contribution >= 0.6 is 0 Å². The molecule has 3 nitrogen and oxygen atoms in total. The van der Waals surface area contributed by atoms with Crippen LogP contribution < -0.4 is 0 Å². The Kier molecular flexibility index (Phi) is 2.57. The van der Waals surface area contributed by atoms with Gasteiger partial charge in [-0.2, -0.15) is 5.10 Å². The Bertz CT molecular complexity index is 806. The van der Waals surface area contributed by atoms with Gasteiger partial charge in [-0.05, 0) is 25.5 Å². The van der Waals surface area contributed by atoms with E-state index in [0.717, 1.165) is 22.2 Å². The third-order valence-electron chi connectivity index (χ3n) is 3.23. The summed E-state index contributed by atoms with van der Waals surface area (Å²) in [7, 11) is 0. The smallest absolute Gasteiger partial charge is 0.0936 e. The first-order chi connectivity index (χ1) is 9.20. The number of hydrogen-bond acceptors (Lipinski definition) is 2. The molecule has 0 fully saturated rings. The van der Waals surface area contributed by atoms with E-state index in [-0.39, 0.29) is 0 Å². The second-order valence-electron chi connectivity index (χ2n) is 4.61. The second kappa shape index (κ2) is 4.25. The molecule has 92 valence electrons. The number of aryl methyl sites for hydroxylation is 2. The number of pyridine rings is 1.